The van der Waals surface area contributed by atoms with Gasteiger partial charge in [0.2, 0.25) is 21.8 Å². The number of anilines is 1. The van der Waals surface area contributed by atoms with Crippen molar-refractivity contribution in [2.75, 3.05) is 30.8 Å². The van der Waals surface area contributed by atoms with Crippen molar-refractivity contribution in [3.63, 3.8) is 0 Å². The Morgan fingerprint density at radius 1 is 1.12 bits per heavy atom. The van der Waals surface area contributed by atoms with Gasteiger partial charge in [0.05, 0.1) is 19.1 Å². The normalized spacial score (nSPS) is 12.0. The summed E-state index contributed by atoms with van der Waals surface area (Å²) in [6.45, 7) is 3.72. The number of hydrogen-bond acceptors (Lipinski definition) is 5. The van der Waals surface area contributed by atoms with Gasteiger partial charge in [-0.15, -0.1) is 0 Å². The minimum absolute atomic E-state index is 0.0566. The molecule has 1 atom stereocenters. The van der Waals surface area contributed by atoms with Gasteiger partial charge in [-0.3, -0.25) is 13.9 Å². The summed E-state index contributed by atoms with van der Waals surface area (Å²) in [6.07, 6.45) is 2.77. The van der Waals surface area contributed by atoms with E-state index in [-0.39, 0.29) is 12.5 Å². The molecule has 0 radical (unpaired) electrons. The van der Waals surface area contributed by atoms with Crippen molar-refractivity contribution in [3.05, 3.63) is 59.1 Å². The molecule has 34 heavy (non-hydrogen) atoms. The number of sulfonamides is 1. The van der Waals surface area contributed by atoms with Gasteiger partial charge < -0.3 is 15.0 Å². The molecule has 0 saturated heterocycles. The molecule has 0 bridgehead atoms. The lowest BCUT2D eigenvalue weighted by Gasteiger charge is -2.31. The molecule has 0 fully saturated rings. The van der Waals surface area contributed by atoms with Crippen molar-refractivity contribution in [2.45, 2.75) is 39.3 Å². The summed E-state index contributed by atoms with van der Waals surface area (Å²) in [5.41, 5.74) is 0.968. The van der Waals surface area contributed by atoms with Crippen LogP contribution in [0.5, 0.6) is 5.75 Å². The van der Waals surface area contributed by atoms with E-state index < -0.39 is 28.5 Å². The second-order valence-electron chi connectivity index (χ2n) is 7.90. The standard InChI is InChI=1S/C24H32ClN3O5S/c1-5-6-15-26-24(30)18(2)27(16-19-9-7-8-10-22(19)25)23(29)17-28(34(4,31)32)20-11-13-21(33-3)14-12-20/h7-14,18H,5-6,15-17H2,1-4H3,(H,26,30). The Morgan fingerprint density at radius 3 is 2.32 bits per heavy atom. The Kier molecular flexibility index (Phi) is 10.2. The summed E-state index contributed by atoms with van der Waals surface area (Å²) >= 11 is 6.31. The number of rotatable bonds is 12. The number of unbranched alkanes of at least 4 members (excludes halogenated alkanes) is 1. The molecular formula is C24H32ClN3O5S. The maximum absolute atomic E-state index is 13.5. The molecule has 0 saturated carbocycles. The lowest BCUT2D eigenvalue weighted by Crippen LogP contribution is -2.51. The highest BCUT2D eigenvalue weighted by molar-refractivity contribution is 7.92. The van der Waals surface area contributed by atoms with Gasteiger partial charge in [0.15, 0.2) is 0 Å². The molecule has 186 valence electrons. The number of nitrogens with zero attached hydrogens (tertiary/aromatic N) is 2. The molecular weight excluding hydrogens is 478 g/mol. The molecule has 2 amide bonds. The van der Waals surface area contributed by atoms with Crippen LogP contribution in [0.4, 0.5) is 5.69 Å². The number of carbonyl (C=O) groups is 2. The first kappa shape index (κ1) is 27.5. The highest BCUT2D eigenvalue weighted by Crippen LogP contribution is 2.23. The third-order valence-corrected chi connectivity index (χ3v) is 6.84. The minimum atomic E-state index is -3.79. The Hall–Kier alpha value is -2.78. The van der Waals surface area contributed by atoms with Crippen molar-refractivity contribution in [3.8, 4) is 5.75 Å². The lowest BCUT2D eigenvalue weighted by atomic mass is 10.1. The molecule has 0 aliphatic rings. The molecule has 1 N–H and O–H groups in total. The van der Waals surface area contributed by atoms with Crippen molar-refractivity contribution >= 4 is 39.1 Å². The number of halogens is 1. The SMILES string of the molecule is CCCCNC(=O)C(C)N(Cc1ccccc1Cl)C(=O)CN(c1ccc(OC)cc1)S(C)(=O)=O. The Morgan fingerprint density at radius 2 is 1.76 bits per heavy atom. The maximum atomic E-state index is 13.5. The second-order valence-corrected chi connectivity index (χ2v) is 10.2. The predicted molar refractivity (Wildman–Crippen MR) is 135 cm³/mol. The van der Waals surface area contributed by atoms with Crippen LogP contribution in [-0.4, -0.2) is 57.6 Å². The fourth-order valence-electron chi connectivity index (χ4n) is 3.29. The van der Waals surface area contributed by atoms with E-state index >= 15 is 0 Å². The molecule has 0 aliphatic heterocycles. The molecule has 0 aliphatic carbocycles. The van der Waals surface area contributed by atoms with Crippen molar-refractivity contribution < 1.29 is 22.7 Å². The van der Waals surface area contributed by atoms with Gasteiger partial charge in [-0.1, -0.05) is 43.1 Å². The van der Waals surface area contributed by atoms with Crippen LogP contribution in [0.15, 0.2) is 48.5 Å². The number of hydrogen-bond donors (Lipinski definition) is 1. The number of amides is 2. The average Bonchev–Trinajstić information content (AvgIpc) is 2.81. The largest absolute Gasteiger partial charge is 0.497 e. The van der Waals surface area contributed by atoms with Crippen molar-refractivity contribution in [1.29, 1.82) is 0 Å². The van der Waals surface area contributed by atoms with Gasteiger partial charge in [-0.05, 0) is 49.2 Å². The van der Waals surface area contributed by atoms with Gasteiger partial charge in [0.25, 0.3) is 0 Å². The summed E-state index contributed by atoms with van der Waals surface area (Å²) < 4.78 is 31.3. The van der Waals surface area contributed by atoms with Crippen molar-refractivity contribution in [2.24, 2.45) is 0 Å². The van der Waals surface area contributed by atoms with Crippen LogP contribution < -0.4 is 14.4 Å². The first-order valence-corrected chi connectivity index (χ1v) is 13.2. The van der Waals surface area contributed by atoms with Crippen LogP contribution in [0, 0.1) is 0 Å². The van der Waals surface area contributed by atoms with Gasteiger partial charge in [-0.25, -0.2) is 8.42 Å². The van der Waals surface area contributed by atoms with Crippen LogP contribution in [0.1, 0.15) is 32.3 Å². The van der Waals surface area contributed by atoms with E-state index in [0.29, 0.717) is 28.6 Å². The summed E-state index contributed by atoms with van der Waals surface area (Å²) in [7, 11) is -2.29. The summed E-state index contributed by atoms with van der Waals surface area (Å²) in [4.78, 5) is 27.6. The van der Waals surface area contributed by atoms with E-state index in [1.165, 1.54) is 12.0 Å². The fraction of sp³-hybridized carbons (Fsp3) is 0.417. The first-order valence-electron chi connectivity index (χ1n) is 11.0. The third kappa shape index (κ3) is 7.63. The van der Waals surface area contributed by atoms with E-state index in [9.17, 15) is 18.0 Å². The van der Waals surface area contributed by atoms with Gasteiger partial charge in [-0.2, -0.15) is 0 Å². The quantitative estimate of drug-likeness (QED) is 0.442. The zero-order chi connectivity index (χ0) is 25.3. The Balaban J connectivity index is 2.35. The number of nitrogens with one attached hydrogen (secondary N) is 1. The fourth-order valence-corrected chi connectivity index (χ4v) is 4.34. The monoisotopic (exact) mass is 509 g/mol. The molecule has 2 aromatic carbocycles. The average molecular weight is 510 g/mol. The predicted octanol–water partition coefficient (Wildman–Crippen LogP) is 3.45. The molecule has 8 nitrogen and oxygen atoms in total. The maximum Gasteiger partial charge on any atom is 0.244 e. The summed E-state index contributed by atoms with van der Waals surface area (Å²) in [5, 5.41) is 3.29. The smallest absolute Gasteiger partial charge is 0.244 e. The van der Waals surface area contributed by atoms with Crippen LogP contribution in [0.3, 0.4) is 0 Å². The van der Waals surface area contributed by atoms with Crippen LogP contribution >= 0.6 is 11.6 Å². The van der Waals surface area contributed by atoms with Crippen LogP contribution in [0.2, 0.25) is 5.02 Å². The second kappa shape index (κ2) is 12.6. The van der Waals surface area contributed by atoms with E-state index in [2.05, 4.69) is 5.32 Å². The molecule has 0 aromatic heterocycles. The Bertz CT molecular complexity index is 1080. The zero-order valence-electron chi connectivity index (χ0n) is 20.0. The topological polar surface area (TPSA) is 96.0 Å². The number of benzene rings is 2. The van der Waals surface area contributed by atoms with E-state index in [0.717, 1.165) is 23.4 Å². The van der Waals surface area contributed by atoms with Crippen LogP contribution in [-0.2, 0) is 26.2 Å². The molecule has 10 heteroatoms. The number of methoxy groups -OCH3 is 1. The molecule has 1 unspecified atom stereocenters. The molecule has 2 rings (SSSR count). The van der Waals surface area contributed by atoms with E-state index in [4.69, 9.17) is 16.3 Å². The Labute approximate surface area is 206 Å². The number of ether oxygens (including phenoxy) is 1. The van der Waals surface area contributed by atoms with E-state index in [1.807, 2.05) is 6.92 Å². The lowest BCUT2D eigenvalue weighted by molar-refractivity contribution is -0.139. The summed E-state index contributed by atoms with van der Waals surface area (Å²) in [6, 6.07) is 12.5. The zero-order valence-corrected chi connectivity index (χ0v) is 21.5. The molecule has 0 spiro atoms. The van der Waals surface area contributed by atoms with Crippen molar-refractivity contribution in [1.82, 2.24) is 10.2 Å². The summed E-state index contributed by atoms with van der Waals surface area (Å²) in [5.74, 6) is -0.287. The van der Waals surface area contributed by atoms with Gasteiger partial charge in [0, 0.05) is 18.1 Å². The molecule has 0 heterocycles. The van der Waals surface area contributed by atoms with Crippen LogP contribution in [0.25, 0.3) is 0 Å². The number of carbonyl (C=O) groups excluding carboxylic acids is 2. The van der Waals surface area contributed by atoms with Gasteiger partial charge in [0.1, 0.15) is 18.3 Å². The first-order chi connectivity index (χ1) is 16.1. The minimum Gasteiger partial charge on any atom is -0.497 e. The third-order valence-electron chi connectivity index (χ3n) is 5.33. The van der Waals surface area contributed by atoms with Gasteiger partial charge >= 0.3 is 0 Å². The highest BCUT2D eigenvalue weighted by atomic mass is 35.5. The highest BCUT2D eigenvalue weighted by Gasteiger charge is 2.30. The molecule has 2 aromatic rings. The van der Waals surface area contributed by atoms with E-state index in [1.54, 1.807) is 55.5 Å².